The minimum absolute atomic E-state index is 0.00754. The zero-order valence-electron chi connectivity index (χ0n) is 19.5. The van der Waals surface area contributed by atoms with Gasteiger partial charge in [0.05, 0.1) is 23.3 Å². The number of hydrogen-bond acceptors (Lipinski definition) is 5. The van der Waals surface area contributed by atoms with Gasteiger partial charge in [-0.2, -0.15) is 0 Å². The van der Waals surface area contributed by atoms with Gasteiger partial charge >= 0.3 is 6.03 Å². The number of amides is 2. The summed E-state index contributed by atoms with van der Waals surface area (Å²) < 4.78 is 7.60. The molecular weight excluding hydrogens is 446 g/mol. The highest BCUT2D eigenvalue weighted by atomic mass is 32.1. The highest BCUT2D eigenvalue weighted by molar-refractivity contribution is 7.09. The third kappa shape index (κ3) is 4.63. The third-order valence-electron chi connectivity index (χ3n) is 6.27. The number of nitrogens with zero attached hydrogens (tertiary/aromatic N) is 4. The number of aryl methyl sites for hydroxylation is 1. The van der Waals surface area contributed by atoms with Crippen LogP contribution in [0.4, 0.5) is 4.79 Å². The van der Waals surface area contributed by atoms with Gasteiger partial charge in [-0.15, -0.1) is 11.3 Å². The van der Waals surface area contributed by atoms with Gasteiger partial charge in [0.2, 0.25) is 0 Å². The molecular formula is C26H29N5O2S. The first-order valence-corrected chi connectivity index (χ1v) is 12.6. The molecule has 4 aromatic rings. The molecule has 1 aromatic carbocycles. The second-order valence-electron chi connectivity index (χ2n) is 8.66. The maximum atomic E-state index is 12.9. The number of nitrogens with one attached hydrogen (secondary N) is 1. The van der Waals surface area contributed by atoms with Crippen molar-refractivity contribution in [2.24, 2.45) is 0 Å². The molecule has 34 heavy (non-hydrogen) atoms. The maximum absolute atomic E-state index is 12.9. The number of pyridine rings is 1. The summed E-state index contributed by atoms with van der Waals surface area (Å²) in [6.45, 7) is 4.02. The van der Waals surface area contributed by atoms with E-state index in [1.54, 1.807) is 18.4 Å². The van der Waals surface area contributed by atoms with E-state index in [0.29, 0.717) is 13.1 Å². The molecule has 7 nitrogen and oxygen atoms in total. The van der Waals surface area contributed by atoms with E-state index in [-0.39, 0.29) is 11.9 Å². The summed E-state index contributed by atoms with van der Waals surface area (Å²) in [5.41, 5.74) is 4.06. The smallest absolute Gasteiger partial charge is 0.317 e. The number of methoxy groups -OCH3 is 1. The summed E-state index contributed by atoms with van der Waals surface area (Å²) in [6.07, 6.45) is 4.79. The standard InChI is InChI=1S/C26H29N5O2S/c1-18-17-34-23(28-18)11-12-27-26(32)30-13-6-8-20(16-30)25-29-24(22-10-3-4-14-31(22)25)19-7-5-9-21(15-19)33-2/h3-5,7,9-10,14-15,17,20H,6,8,11-13,16H2,1-2H3,(H,27,32)/t20-/m1/s1. The van der Waals surface area contributed by atoms with Crippen molar-refractivity contribution in [3.05, 3.63) is 70.6 Å². The quantitative estimate of drug-likeness (QED) is 0.430. The number of imidazole rings is 1. The number of carbonyl (C=O) groups is 1. The number of rotatable bonds is 6. The Morgan fingerprint density at radius 1 is 1.24 bits per heavy atom. The van der Waals surface area contributed by atoms with Crippen LogP contribution in [0.25, 0.3) is 16.8 Å². The summed E-state index contributed by atoms with van der Waals surface area (Å²) in [4.78, 5) is 24.4. The molecule has 0 saturated carbocycles. The second-order valence-corrected chi connectivity index (χ2v) is 9.60. The second kappa shape index (κ2) is 9.85. The van der Waals surface area contributed by atoms with Gasteiger partial charge in [-0.25, -0.2) is 14.8 Å². The predicted octanol–water partition coefficient (Wildman–Crippen LogP) is 4.91. The third-order valence-corrected chi connectivity index (χ3v) is 7.30. The van der Waals surface area contributed by atoms with Crippen molar-refractivity contribution >= 4 is 22.9 Å². The minimum Gasteiger partial charge on any atom is -0.497 e. The van der Waals surface area contributed by atoms with Crippen molar-refractivity contribution in [1.82, 2.24) is 24.6 Å². The summed E-state index contributed by atoms with van der Waals surface area (Å²) in [5, 5.41) is 6.18. The van der Waals surface area contributed by atoms with Crippen LogP contribution in [0.3, 0.4) is 0 Å². The van der Waals surface area contributed by atoms with Crippen LogP contribution in [0.15, 0.2) is 54.0 Å². The molecule has 1 fully saturated rings. The Kier molecular flexibility index (Phi) is 6.49. The Balaban J connectivity index is 1.33. The topological polar surface area (TPSA) is 71.8 Å². The zero-order valence-corrected chi connectivity index (χ0v) is 20.3. The number of carbonyl (C=O) groups excluding carboxylic acids is 1. The van der Waals surface area contributed by atoms with Crippen LogP contribution in [0, 0.1) is 6.92 Å². The largest absolute Gasteiger partial charge is 0.497 e. The Hall–Kier alpha value is -3.39. The molecule has 0 aliphatic carbocycles. The van der Waals surface area contributed by atoms with Crippen molar-refractivity contribution < 1.29 is 9.53 Å². The lowest BCUT2D eigenvalue weighted by Gasteiger charge is -2.32. The highest BCUT2D eigenvalue weighted by Gasteiger charge is 2.28. The Morgan fingerprint density at radius 3 is 2.97 bits per heavy atom. The number of ether oxygens (including phenoxy) is 1. The van der Waals surface area contributed by atoms with Gasteiger partial charge in [-0.05, 0) is 44.0 Å². The van der Waals surface area contributed by atoms with Crippen molar-refractivity contribution in [2.45, 2.75) is 32.1 Å². The molecule has 4 heterocycles. The maximum Gasteiger partial charge on any atom is 0.317 e. The van der Waals surface area contributed by atoms with E-state index < -0.39 is 0 Å². The highest BCUT2D eigenvalue weighted by Crippen LogP contribution is 2.33. The first-order chi connectivity index (χ1) is 16.6. The predicted molar refractivity (Wildman–Crippen MR) is 135 cm³/mol. The number of benzene rings is 1. The van der Waals surface area contributed by atoms with Crippen LogP contribution in [0.5, 0.6) is 5.75 Å². The molecule has 2 amide bonds. The first kappa shape index (κ1) is 22.4. The Morgan fingerprint density at radius 2 is 2.15 bits per heavy atom. The lowest BCUT2D eigenvalue weighted by Crippen LogP contribution is -2.45. The van der Waals surface area contributed by atoms with E-state index >= 15 is 0 Å². The van der Waals surface area contributed by atoms with Gasteiger partial charge in [-0.3, -0.25) is 0 Å². The summed E-state index contributed by atoms with van der Waals surface area (Å²) >= 11 is 1.64. The fraction of sp³-hybridized carbons (Fsp3) is 0.346. The molecule has 0 radical (unpaired) electrons. The zero-order chi connectivity index (χ0) is 23.5. The average molecular weight is 476 g/mol. The van der Waals surface area contributed by atoms with Gasteiger partial charge in [0.25, 0.3) is 0 Å². The van der Waals surface area contributed by atoms with Gasteiger partial charge in [0.1, 0.15) is 11.6 Å². The van der Waals surface area contributed by atoms with Crippen LogP contribution in [0.1, 0.15) is 35.3 Å². The van der Waals surface area contributed by atoms with E-state index in [9.17, 15) is 4.79 Å². The molecule has 1 atom stereocenters. The summed E-state index contributed by atoms with van der Waals surface area (Å²) in [5.74, 6) is 1.99. The molecule has 5 rings (SSSR count). The van der Waals surface area contributed by atoms with Crippen LogP contribution in [-0.4, -0.2) is 52.0 Å². The molecule has 3 aromatic heterocycles. The molecule has 0 bridgehead atoms. The number of hydrogen-bond donors (Lipinski definition) is 1. The summed E-state index contributed by atoms with van der Waals surface area (Å²) in [6, 6.07) is 14.2. The molecule has 1 aliphatic rings. The van der Waals surface area contributed by atoms with Gasteiger partial charge < -0.3 is 19.4 Å². The fourth-order valence-corrected chi connectivity index (χ4v) is 5.39. The average Bonchev–Trinajstić information content (AvgIpc) is 3.47. The van der Waals surface area contributed by atoms with Crippen LogP contribution < -0.4 is 10.1 Å². The SMILES string of the molecule is COc1cccc(-c2nc([C@@H]3CCCN(C(=O)NCCc4nc(C)cs4)C3)n3ccccc23)c1. The van der Waals surface area contributed by atoms with Crippen molar-refractivity contribution in [3.63, 3.8) is 0 Å². The van der Waals surface area contributed by atoms with Gasteiger partial charge in [0.15, 0.2) is 0 Å². The molecule has 1 aliphatic heterocycles. The van der Waals surface area contributed by atoms with E-state index in [0.717, 1.165) is 64.9 Å². The van der Waals surface area contributed by atoms with Crippen molar-refractivity contribution in [2.75, 3.05) is 26.7 Å². The molecule has 8 heteroatoms. The minimum atomic E-state index is -0.00754. The lowest BCUT2D eigenvalue weighted by atomic mass is 9.97. The molecule has 0 spiro atoms. The number of aromatic nitrogens is 3. The Bertz CT molecular complexity index is 1300. The van der Waals surface area contributed by atoms with Crippen molar-refractivity contribution in [3.8, 4) is 17.0 Å². The molecule has 1 N–H and O–H groups in total. The number of urea groups is 1. The van der Waals surface area contributed by atoms with E-state index in [4.69, 9.17) is 9.72 Å². The number of likely N-dealkylation sites (tertiary alicyclic amines) is 1. The molecule has 1 saturated heterocycles. The Labute approximate surface area is 203 Å². The fourth-order valence-electron chi connectivity index (χ4n) is 4.61. The molecule has 176 valence electrons. The first-order valence-electron chi connectivity index (χ1n) is 11.7. The lowest BCUT2D eigenvalue weighted by molar-refractivity contribution is 0.178. The van der Waals surface area contributed by atoms with Gasteiger partial charge in [-0.1, -0.05) is 18.2 Å². The normalized spacial score (nSPS) is 16.1. The van der Waals surface area contributed by atoms with E-state index in [1.807, 2.05) is 47.5 Å². The van der Waals surface area contributed by atoms with E-state index in [2.05, 4.69) is 33.0 Å². The van der Waals surface area contributed by atoms with E-state index in [1.165, 1.54) is 0 Å². The number of fused-ring (bicyclic) bond motifs is 1. The van der Waals surface area contributed by atoms with Crippen LogP contribution in [-0.2, 0) is 6.42 Å². The molecule has 0 unspecified atom stereocenters. The van der Waals surface area contributed by atoms with Crippen LogP contribution >= 0.6 is 11.3 Å². The summed E-state index contributed by atoms with van der Waals surface area (Å²) in [7, 11) is 1.68. The van der Waals surface area contributed by atoms with Gasteiger partial charge in [0, 0.05) is 54.8 Å². The van der Waals surface area contributed by atoms with Crippen LogP contribution in [0.2, 0.25) is 0 Å². The number of thiazole rings is 1. The monoisotopic (exact) mass is 475 g/mol. The number of piperidine rings is 1. The van der Waals surface area contributed by atoms with Crippen molar-refractivity contribution in [1.29, 1.82) is 0 Å².